The number of carbonyl (C=O) groups is 1. The van der Waals surface area contributed by atoms with Crippen LogP contribution in [0.1, 0.15) is 25.5 Å². The van der Waals surface area contributed by atoms with E-state index in [1.165, 1.54) is 0 Å². The van der Waals surface area contributed by atoms with Crippen LogP contribution in [0, 0.1) is 0 Å². The number of nitrogens with one attached hydrogen (secondary N) is 2. The molecule has 0 saturated heterocycles. The lowest BCUT2D eigenvalue weighted by Crippen LogP contribution is -2.31. The van der Waals surface area contributed by atoms with Gasteiger partial charge in [0.25, 0.3) is 5.91 Å². The van der Waals surface area contributed by atoms with Gasteiger partial charge in [-0.15, -0.1) is 5.10 Å². The molecule has 36 heavy (non-hydrogen) atoms. The van der Waals surface area contributed by atoms with Gasteiger partial charge in [0.15, 0.2) is 5.82 Å². The molecule has 1 aliphatic heterocycles. The summed E-state index contributed by atoms with van der Waals surface area (Å²) in [7, 11) is 0. The SMILES string of the molecule is CCOc1ccc(C2C(C(=O)Nc3cccnc3)=C(C)Nc3nc(-c4ccc(Cl)cc4Cl)nn32)cc1. The van der Waals surface area contributed by atoms with Crippen molar-refractivity contribution in [2.45, 2.75) is 19.9 Å². The first-order valence-corrected chi connectivity index (χ1v) is 12.0. The third kappa shape index (κ3) is 4.65. The molecule has 0 aliphatic carbocycles. The highest BCUT2D eigenvalue weighted by molar-refractivity contribution is 6.36. The Morgan fingerprint density at radius 1 is 1.17 bits per heavy atom. The smallest absolute Gasteiger partial charge is 0.255 e. The molecule has 1 unspecified atom stereocenters. The van der Waals surface area contributed by atoms with Crippen LogP contribution in [-0.2, 0) is 4.79 Å². The van der Waals surface area contributed by atoms with E-state index in [1.807, 2.05) is 38.1 Å². The number of allylic oxidation sites excluding steroid dienone is 1. The van der Waals surface area contributed by atoms with Crippen LogP contribution in [0.4, 0.5) is 11.6 Å². The van der Waals surface area contributed by atoms with Crippen LogP contribution in [-0.4, -0.2) is 32.3 Å². The number of rotatable bonds is 6. The first-order chi connectivity index (χ1) is 17.4. The van der Waals surface area contributed by atoms with Crippen molar-refractivity contribution in [3.05, 3.63) is 93.9 Å². The third-order valence-electron chi connectivity index (χ3n) is 5.70. The number of carbonyl (C=O) groups excluding carboxylic acids is 1. The number of amides is 1. The molecule has 0 fully saturated rings. The molecule has 2 aromatic heterocycles. The fourth-order valence-corrected chi connectivity index (χ4v) is 4.58. The van der Waals surface area contributed by atoms with Gasteiger partial charge >= 0.3 is 0 Å². The maximum atomic E-state index is 13.6. The number of pyridine rings is 1. The van der Waals surface area contributed by atoms with Gasteiger partial charge in [0.1, 0.15) is 11.8 Å². The molecule has 8 nitrogen and oxygen atoms in total. The van der Waals surface area contributed by atoms with E-state index < -0.39 is 6.04 Å². The van der Waals surface area contributed by atoms with Crippen LogP contribution in [0.3, 0.4) is 0 Å². The second kappa shape index (κ2) is 10.0. The quantitative estimate of drug-likeness (QED) is 0.325. The van der Waals surface area contributed by atoms with E-state index in [0.717, 1.165) is 11.3 Å². The van der Waals surface area contributed by atoms with Crippen molar-refractivity contribution in [1.82, 2.24) is 19.7 Å². The highest BCUT2D eigenvalue weighted by Gasteiger charge is 2.34. The standard InChI is InChI=1S/C26H22Cl2N6O2/c1-3-36-19-9-6-16(7-10-19)23-22(25(35)31-18-5-4-12-29-14-18)15(2)30-26-32-24(33-34(23)26)20-11-8-17(27)13-21(20)28/h4-14,23H,3H2,1-2H3,(H,31,35)(H,30,32,33). The van der Waals surface area contributed by atoms with Crippen LogP contribution in [0.15, 0.2) is 78.3 Å². The number of halogens is 2. The molecule has 182 valence electrons. The van der Waals surface area contributed by atoms with E-state index in [9.17, 15) is 4.79 Å². The third-order valence-corrected chi connectivity index (χ3v) is 6.24. The van der Waals surface area contributed by atoms with Gasteiger partial charge in [0.2, 0.25) is 5.95 Å². The summed E-state index contributed by atoms with van der Waals surface area (Å²) in [6, 6.07) is 15.7. The molecular formula is C26H22Cl2N6O2. The fraction of sp³-hybridized carbons (Fsp3) is 0.154. The average molecular weight is 521 g/mol. The summed E-state index contributed by atoms with van der Waals surface area (Å²) in [5.41, 5.74) is 3.22. The maximum Gasteiger partial charge on any atom is 0.255 e. The van der Waals surface area contributed by atoms with Gasteiger partial charge in [0, 0.05) is 22.5 Å². The first-order valence-electron chi connectivity index (χ1n) is 11.3. The van der Waals surface area contributed by atoms with E-state index in [0.29, 0.717) is 50.9 Å². The number of benzene rings is 2. The van der Waals surface area contributed by atoms with Gasteiger partial charge in [-0.1, -0.05) is 35.3 Å². The minimum Gasteiger partial charge on any atom is -0.494 e. The summed E-state index contributed by atoms with van der Waals surface area (Å²) in [6.07, 6.45) is 3.24. The summed E-state index contributed by atoms with van der Waals surface area (Å²) < 4.78 is 7.30. The predicted octanol–water partition coefficient (Wildman–Crippen LogP) is 5.97. The Labute approximate surface area is 217 Å². The summed E-state index contributed by atoms with van der Waals surface area (Å²) in [4.78, 5) is 22.3. The van der Waals surface area contributed by atoms with Crippen molar-refractivity contribution < 1.29 is 9.53 Å². The van der Waals surface area contributed by atoms with E-state index in [-0.39, 0.29) is 5.91 Å². The zero-order valence-electron chi connectivity index (χ0n) is 19.5. The summed E-state index contributed by atoms with van der Waals surface area (Å²) in [5, 5.41) is 11.9. The molecule has 0 saturated carbocycles. The molecule has 10 heteroatoms. The van der Waals surface area contributed by atoms with Crippen molar-refractivity contribution in [1.29, 1.82) is 0 Å². The second-order valence-electron chi connectivity index (χ2n) is 8.09. The van der Waals surface area contributed by atoms with Crippen molar-refractivity contribution in [3.63, 3.8) is 0 Å². The number of hydrogen-bond donors (Lipinski definition) is 2. The van der Waals surface area contributed by atoms with Crippen LogP contribution in [0.25, 0.3) is 11.4 Å². The normalized spacial score (nSPS) is 14.7. The maximum absolute atomic E-state index is 13.6. The Morgan fingerprint density at radius 3 is 2.67 bits per heavy atom. The van der Waals surface area contributed by atoms with Crippen LogP contribution in [0.5, 0.6) is 5.75 Å². The van der Waals surface area contributed by atoms with Crippen molar-refractivity contribution >= 4 is 40.7 Å². The summed E-state index contributed by atoms with van der Waals surface area (Å²) in [6.45, 7) is 4.33. The number of hydrogen-bond acceptors (Lipinski definition) is 6. The van der Waals surface area contributed by atoms with Gasteiger partial charge in [-0.3, -0.25) is 9.78 Å². The predicted molar refractivity (Wildman–Crippen MR) is 140 cm³/mol. The van der Waals surface area contributed by atoms with Gasteiger partial charge in [-0.2, -0.15) is 4.98 Å². The molecule has 0 spiro atoms. The summed E-state index contributed by atoms with van der Waals surface area (Å²) in [5.74, 6) is 1.37. The lowest BCUT2D eigenvalue weighted by Gasteiger charge is -2.28. The van der Waals surface area contributed by atoms with Gasteiger partial charge in [-0.25, -0.2) is 4.68 Å². The Bertz CT molecular complexity index is 1450. The number of ether oxygens (including phenoxy) is 1. The molecule has 2 aromatic carbocycles. The lowest BCUT2D eigenvalue weighted by atomic mass is 9.95. The minimum absolute atomic E-state index is 0.279. The molecule has 0 radical (unpaired) electrons. The minimum atomic E-state index is -0.555. The molecular weight excluding hydrogens is 499 g/mol. The Morgan fingerprint density at radius 2 is 1.97 bits per heavy atom. The summed E-state index contributed by atoms with van der Waals surface area (Å²) >= 11 is 12.5. The van der Waals surface area contributed by atoms with E-state index in [1.54, 1.807) is 47.4 Å². The molecule has 1 atom stereocenters. The molecule has 1 amide bonds. The average Bonchev–Trinajstić information content (AvgIpc) is 3.27. The zero-order valence-corrected chi connectivity index (χ0v) is 21.0. The van der Waals surface area contributed by atoms with E-state index >= 15 is 0 Å². The Balaban J connectivity index is 1.60. The molecule has 1 aliphatic rings. The Kier molecular flexibility index (Phi) is 6.63. The lowest BCUT2D eigenvalue weighted by molar-refractivity contribution is -0.113. The van der Waals surface area contributed by atoms with E-state index in [2.05, 4.69) is 20.6 Å². The molecule has 5 rings (SSSR count). The fourth-order valence-electron chi connectivity index (χ4n) is 4.09. The van der Waals surface area contributed by atoms with E-state index in [4.69, 9.17) is 33.0 Å². The highest BCUT2D eigenvalue weighted by atomic mass is 35.5. The zero-order chi connectivity index (χ0) is 25.2. The second-order valence-corrected chi connectivity index (χ2v) is 8.94. The van der Waals surface area contributed by atoms with Crippen molar-refractivity contribution in [3.8, 4) is 17.1 Å². The Hall–Kier alpha value is -3.88. The van der Waals surface area contributed by atoms with Gasteiger partial charge < -0.3 is 15.4 Å². The highest BCUT2D eigenvalue weighted by Crippen LogP contribution is 2.38. The topological polar surface area (TPSA) is 94.0 Å². The number of fused-ring (bicyclic) bond motifs is 1. The van der Waals surface area contributed by atoms with Crippen LogP contribution in [0.2, 0.25) is 10.0 Å². The van der Waals surface area contributed by atoms with Crippen LogP contribution >= 0.6 is 23.2 Å². The largest absolute Gasteiger partial charge is 0.494 e. The van der Waals surface area contributed by atoms with Crippen molar-refractivity contribution in [2.75, 3.05) is 17.2 Å². The number of anilines is 2. The van der Waals surface area contributed by atoms with Crippen molar-refractivity contribution in [2.24, 2.45) is 0 Å². The molecule has 3 heterocycles. The molecule has 0 bridgehead atoms. The number of aromatic nitrogens is 4. The van der Waals surface area contributed by atoms with Crippen LogP contribution < -0.4 is 15.4 Å². The first kappa shape index (κ1) is 23.8. The number of nitrogens with zero attached hydrogens (tertiary/aromatic N) is 4. The monoisotopic (exact) mass is 520 g/mol. The van der Waals surface area contributed by atoms with Gasteiger partial charge in [-0.05, 0) is 61.9 Å². The molecule has 4 aromatic rings. The van der Waals surface area contributed by atoms with Gasteiger partial charge in [0.05, 0.1) is 29.1 Å². The molecule has 2 N–H and O–H groups in total.